The SMILES string of the molecule is Cc1c(/C=C/c2ccccc2)[nH]c2c(c1=O)=CCCC=2. The number of H-pyrrole nitrogens is 1. The van der Waals surface area contributed by atoms with Gasteiger partial charge in [0.05, 0.1) is 0 Å². The lowest BCUT2D eigenvalue weighted by molar-refractivity contribution is 1.04. The quantitative estimate of drug-likeness (QED) is 0.885. The van der Waals surface area contributed by atoms with Gasteiger partial charge in [0.2, 0.25) is 0 Å². The summed E-state index contributed by atoms with van der Waals surface area (Å²) < 4.78 is 0. The van der Waals surface area contributed by atoms with Gasteiger partial charge in [-0.15, -0.1) is 0 Å². The zero-order valence-corrected chi connectivity index (χ0v) is 11.5. The number of rotatable bonds is 2. The molecule has 1 N–H and O–H groups in total. The van der Waals surface area contributed by atoms with Crippen LogP contribution in [0.5, 0.6) is 0 Å². The third-order valence-electron chi connectivity index (χ3n) is 3.65. The summed E-state index contributed by atoms with van der Waals surface area (Å²) in [5.41, 5.74) is 2.94. The Bertz CT molecular complexity index is 826. The summed E-state index contributed by atoms with van der Waals surface area (Å²) in [6.45, 7) is 1.88. The van der Waals surface area contributed by atoms with Gasteiger partial charge in [-0.3, -0.25) is 4.79 Å². The zero-order chi connectivity index (χ0) is 13.9. The lowest BCUT2D eigenvalue weighted by Crippen LogP contribution is -2.44. The highest BCUT2D eigenvalue weighted by atomic mass is 16.1. The molecule has 0 aliphatic heterocycles. The molecule has 0 unspecified atom stereocenters. The predicted molar refractivity (Wildman–Crippen MR) is 84.6 cm³/mol. The van der Waals surface area contributed by atoms with Crippen LogP contribution in [-0.4, -0.2) is 4.98 Å². The molecule has 0 bridgehead atoms. The van der Waals surface area contributed by atoms with Gasteiger partial charge < -0.3 is 4.98 Å². The van der Waals surface area contributed by atoms with E-state index in [1.807, 2.05) is 55.5 Å². The number of nitrogens with one attached hydrogen (secondary N) is 1. The fourth-order valence-corrected chi connectivity index (χ4v) is 2.48. The van der Waals surface area contributed by atoms with Crippen LogP contribution >= 0.6 is 0 Å². The highest BCUT2D eigenvalue weighted by Crippen LogP contribution is 2.06. The average molecular weight is 263 g/mol. The second kappa shape index (κ2) is 5.33. The number of hydrogen-bond donors (Lipinski definition) is 1. The van der Waals surface area contributed by atoms with E-state index >= 15 is 0 Å². The lowest BCUT2D eigenvalue weighted by atomic mass is 10.1. The Balaban J connectivity index is 2.10. The monoisotopic (exact) mass is 263 g/mol. The van der Waals surface area contributed by atoms with E-state index in [2.05, 4.69) is 11.1 Å². The normalized spacial score (nSPS) is 13.7. The fourth-order valence-electron chi connectivity index (χ4n) is 2.48. The van der Waals surface area contributed by atoms with Gasteiger partial charge in [-0.1, -0.05) is 48.6 Å². The van der Waals surface area contributed by atoms with Crippen LogP contribution in [0.15, 0.2) is 35.1 Å². The molecule has 1 aliphatic carbocycles. The van der Waals surface area contributed by atoms with E-state index in [0.29, 0.717) is 0 Å². The lowest BCUT2D eigenvalue weighted by Gasteiger charge is -2.05. The number of hydrogen-bond acceptors (Lipinski definition) is 1. The Kier molecular flexibility index (Phi) is 3.38. The number of pyridine rings is 1. The van der Waals surface area contributed by atoms with Crippen molar-refractivity contribution < 1.29 is 0 Å². The van der Waals surface area contributed by atoms with E-state index in [9.17, 15) is 4.79 Å². The van der Waals surface area contributed by atoms with Crippen molar-refractivity contribution in [3.8, 4) is 0 Å². The van der Waals surface area contributed by atoms with Gasteiger partial charge in [0.25, 0.3) is 0 Å². The minimum atomic E-state index is 0.141. The van der Waals surface area contributed by atoms with Crippen molar-refractivity contribution in [2.45, 2.75) is 19.8 Å². The Morgan fingerprint density at radius 1 is 1.05 bits per heavy atom. The molecule has 2 nitrogen and oxygen atoms in total. The van der Waals surface area contributed by atoms with Gasteiger partial charge >= 0.3 is 0 Å². The van der Waals surface area contributed by atoms with Crippen molar-refractivity contribution in [1.82, 2.24) is 4.98 Å². The van der Waals surface area contributed by atoms with Crippen LogP contribution in [0.2, 0.25) is 0 Å². The van der Waals surface area contributed by atoms with E-state index in [0.717, 1.165) is 40.2 Å². The molecule has 0 saturated carbocycles. The molecule has 0 fully saturated rings. The molecule has 0 atom stereocenters. The largest absolute Gasteiger partial charge is 0.355 e. The van der Waals surface area contributed by atoms with Crippen LogP contribution in [0.3, 0.4) is 0 Å². The van der Waals surface area contributed by atoms with Gasteiger partial charge in [-0.2, -0.15) is 0 Å². The maximum atomic E-state index is 12.3. The molecule has 1 aliphatic rings. The summed E-state index contributed by atoms with van der Waals surface area (Å²) in [5, 5.41) is 1.78. The minimum Gasteiger partial charge on any atom is -0.355 e. The van der Waals surface area contributed by atoms with Crippen LogP contribution in [0.1, 0.15) is 29.7 Å². The molecule has 1 heterocycles. The van der Waals surface area contributed by atoms with Crippen LogP contribution in [0.4, 0.5) is 0 Å². The molecular formula is C18H17NO. The molecule has 3 rings (SSSR count). The molecule has 0 radical (unpaired) electrons. The molecule has 1 aromatic heterocycles. The fraction of sp³-hybridized carbons (Fsp3) is 0.167. The molecule has 2 aromatic rings. The smallest absolute Gasteiger partial charge is 0.192 e. The molecule has 0 amide bonds. The number of fused-ring (bicyclic) bond motifs is 1. The summed E-state index contributed by atoms with van der Waals surface area (Å²) in [6, 6.07) is 10.1. The van der Waals surface area contributed by atoms with Gasteiger partial charge in [0.15, 0.2) is 5.43 Å². The Hall–Kier alpha value is -2.35. The zero-order valence-electron chi connectivity index (χ0n) is 11.5. The Morgan fingerprint density at radius 2 is 1.80 bits per heavy atom. The molecule has 0 saturated heterocycles. The van der Waals surface area contributed by atoms with Gasteiger partial charge in [-0.25, -0.2) is 0 Å². The van der Waals surface area contributed by atoms with Crippen molar-refractivity contribution in [3.63, 3.8) is 0 Å². The van der Waals surface area contributed by atoms with Crippen molar-refractivity contribution >= 4 is 24.3 Å². The minimum absolute atomic E-state index is 0.141. The summed E-state index contributed by atoms with van der Waals surface area (Å²) >= 11 is 0. The van der Waals surface area contributed by atoms with Crippen LogP contribution < -0.4 is 16.0 Å². The molecular weight excluding hydrogens is 246 g/mol. The molecule has 0 spiro atoms. The van der Waals surface area contributed by atoms with Crippen LogP contribution in [0.25, 0.3) is 24.3 Å². The van der Waals surface area contributed by atoms with Crippen molar-refractivity contribution in [1.29, 1.82) is 0 Å². The van der Waals surface area contributed by atoms with Gasteiger partial charge in [0, 0.05) is 21.8 Å². The second-order valence-corrected chi connectivity index (χ2v) is 5.05. The molecule has 20 heavy (non-hydrogen) atoms. The summed E-state index contributed by atoms with van der Waals surface area (Å²) in [6.07, 6.45) is 10.1. The first-order chi connectivity index (χ1) is 9.75. The third kappa shape index (κ3) is 2.37. The highest BCUT2D eigenvalue weighted by molar-refractivity contribution is 5.69. The number of aromatic amines is 1. The van der Waals surface area contributed by atoms with E-state index in [-0.39, 0.29) is 5.43 Å². The second-order valence-electron chi connectivity index (χ2n) is 5.05. The topological polar surface area (TPSA) is 32.9 Å². The molecule has 1 aromatic carbocycles. The third-order valence-corrected chi connectivity index (χ3v) is 3.65. The summed E-state index contributed by atoms with van der Waals surface area (Å²) in [5.74, 6) is 0. The van der Waals surface area contributed by atoms with Crippen molar-refractivity contribution in [2.24, 2.45) is 0 Å². The van der Waals surface area contributed by atoms with Gasteiger partial charge in [0.1, 0.15) is 0 Å². The average Bonchev–Trinajstić information content (AvgIpc) is 2.50. The first-order valence-electron chi connectivity index (χ1n) is 6.92. The maximum Gasteiger partial charge on any atom is 0.192 e. The van der Waals surface area contributed by atoms with Gasteiger partial charge in [-0.05, 0) is 31.4 Å². The van der Waals surface area contributed by atoms with Crippen LogP contribution in [0, 0.1) is 6.92 Å². The van der Waals surface area contributed by atoms with E-state index in [4.69, 9.17) is 0 Å². The first kappa shape index (κ1) is 12.7. The summed E-state index contributed by atoms with van der Waals surface area (Å²) in [7, 11) is 0. The highest BCUT2D eigenvalue weighted by Gasteiger charge is 2.05. The number of benzene rings is 1. The standard InChI is InChI=1S/C18H17NO/c1-13-16(12-11-14-7-3-2-4-8-14)19-17-10-6-5-9-15(17)18(13)20/h2-4,7-12,19H,5-6H2,1H3/b12-11+. The van der Waals surface area contributed by atoms with E-state index in [1.165, 1.54) is 0 Å². The molecule has 2 heteroatoms. The van der Waals surface area contributed by atoms with Crippen LogP contribution in [-0.2, 0) is 0 Å². The predicted octanol–water partition coefficient (Wildman–Crippen LogP) is 2.21. The van der Waals surface area contributed by atoms with Crippen molar-refractivity contribution in [3.05, 3.63) is 67.9 Å². The van der Waals surface area contributed by atoms with E-state index < -0.39 is 0 Å². The first-order valence-corrected chi connectivity index (χ1v) is 6.92. The maximum absolute atomic E-state index is 12.3. The Labute approximate surface area is 117 Å². The molecule has 100 valence electrons. The Morgan fingerprint density at radius 3 is 2.60 bits per heavy atom. The number of aromatic nitrogens is 1. The summed E-state index contributed by atoms with van der Waals surface area (Å²) in [4.78, 5) is 15.7. The van der Waals surface area contributed by atoms with Crippen molar-refractivity contribution in [2.75, 3.05) is 0 Å². The van der Waals surface area contributed by atoms with E-state index in [1.54, 1.807) is 0 Å².